The van der Waals surface area contributed by atoms with Crippen LogP contribution in [0.1, 0.15) is 11.1 Å². The van der Waals surface area contributed by atoms with Gasteiger partial charge < -0.3 is 0 Å². The molecule has 0 radical (unpaired) electrons. The van der Waals surface area contributed by atoms with Crippen LogP contribution >= 0.6 is 11.6 Å². The van der Waals surface area contributed by atoms with Gasteiger partial charge in [-0.05, 0) is 45.3 Å². The van der Waals surface area contributed by atoms with E-state index in [0.717, 1.165) is 32.7 Å². The largest absolute Gasteiger partial charge is 0.192 e. The molecule has 0 aliphatic heterocycles. The van der Waals surface area contributed by atoms with E-state index < -0.39 is 0 Å². The van der Waals surface area contributed by atoms with Crippen LogP contribution in [0.4, 0.5) is 0 Å². The average Bonchev–Trinajstić information content (AvgIpc) is 2.67. The molecule has 4 aromatic rings. The van der Waals surface area contributed by atoms with Crippen molar-refractivity contribution in [1.82, 2.24) is 0 Å². The first-order valence-corrected chi connectivity index (χ1v) is 8.15. The number of nitriles is 2. The number of benzene rings is 4. The first-order chi connectivity index (χ1) is 12.2. The Kier molecular flexibility index (Phi) is 3.62. The number of rotatable bonds is 1. The van der Waals surface area contributed by atoms with Gasteiger partial charge in [-0.15, -0.1) is 0 Å². The van der Waals surface area contributed by atoms with E-state index in [0.29, 0.717) is 16.1 Å². The molecule has 3 heteroatoms. The number of fused-ring (bicyclic) bond motifs is 3. The Balaban J connectivity index is 2.18. The lowest BCUT2D eigenvalue weighted by atomic mass is 9.90. The van der Waals surface area contributed by atoms with Crippen molar-refractivity contribution in [3.05, 3.63) is 82.9 Å². The zero-order valence-electron chi connectivity index (χ0n) is 13.1. The third kappa shape index (κ3) is 2.41. The first-order valence-electron chi connectivity index (χ1n) is 7.77. The number of nitrogens with zero attached hydrogens (tertiary/aromatic N) is 2. The van der Waals surface area contributed by atoms with Gasteiger partial charge in [0.2, 0.25) is 0 Å². The summed E-state index contributed by atoms with van der Waals surface area (Å²) < 4.78 is 0. The van der Waals surface area contributed by atoms with Gasteiger partial charge in [-0.2, -0.15) is 10.5 Å². The highest BCUT2D eigenvalue weighted by Crippen LogP contribution is 2.37. The van der Waals surface area contributed by atoms with Crippen molar-refractivity contribution in [2.24, 2.45) is 0 Å². The molecule has 0 bridgehead atoms. The van der Waals surface area contributed by atoms with Crippen molar-refractivity contribution in [2.75, 3.05) is 0 Å². The molecule has 4 aromatic carbocycles. The zero-order chi connectivity index (χ0) is 17.4. The van der Waals surface area contributed by atoms with Crippen LogP contribution in [0, 0.1) is 22.7 Å². The van der Waals surface area contributed by atoms with Crippen LogP contribution in [0.15, 0.2) is 66.7 Å². The molecule has 2 nitrogen and oxygen atoms in total. The summed E-state index contributed by atoms with van der Waals surface area (Å²) in [5.41, 5.74) is 2.49. The summed E-state index contributed by atoms with van der Waals surface area (Å²) in [6.45, 7) is 0. The molecule has 0 fully saturated rings. The summed E-state index contributed by atoms with van der Waals surface area (Å²) in [6, 6.07) is 25.9. The second-order valence-electron chi connectivity index (χ2n) is 5.79. The minimum atomic E-state index is 0.299. The summed E-state index contributed by atoms with van der Waals surface area (Å²) in [5, 5.41) is 23.6. The van der Waals surface area contributed by atoms with E-state index in [1.807, 2.05) is 30.3 Å². The number of hydrogen-bond acceptors (Lipinski definition) is 2. The smallest absolute Gasteiger partial charge is 0.101 e. The zero-order valence-corrected chi connectivity index (χ0v) is 13.9. The fraction of sp³-hybridized carbons (Fsp3) is 0. The highest BCUT2D eigenvalue weighted by atomic mass is 35.5. The summed E-state index contributed by atoms with van der Waals surface area (Å²) in [6.07, 6.45) is 0. The molecule has 0 atom stereocenters. The molecular formula is C22H11ClN2. The van der Waals surface area contributed by atoms with Crippen molar-refractivity contribution >= 4 is 33.1 Å². The molecule has 0 aromatic heterocycles. The highest BCUT2D eigenvalue weighted by molar-refractivity contribution is 6.32. The minimum Gasteiger partial charge on any atom is -0.192 e. The summed E-state index contributed by atoms with van der Waals surface area (Å²) >= 11 is 6.11. The van der Waals surface area contributed by atoms with Crippen molar-refractivity contribution < 1.29 is 0 Å². The lowest BCUT2D eigenvalue weighted by Crippen LogP contribution is -1.91. The third-order valence-electron chi connectivity index (χ3n) is 4.41. The Bertz CT molecular complexity index is 1230. The van der Waals surface area contributed by atoms with E-state index in [1.165, 1.54) is 0 Å². The standard InChI is InChI=1S/C22H11ClN2/c23-22-11-15(12-24)20(10-16(22)13-25)21-9-14-5-1-2-6-17(14)18-7-3-4-8-19(18)21/h1-11H. The maximum atomic E-state index is 9.56. The number of halogens is 1. The maximum absolute atomic E-state index is 9.56. The topological polar surface area (TPSA) is 47.6 Å². The van der Waals surface area contributed by atoms with Gasteiger partial charge in [0.25, 0.3) is 0 Å². The van der Waals surface area contributed by atoms with Crippen molar-refractivity contribution in [1.29, 1.82) is 10.5 Å². The summed E-state index contributed by atoms with van der Waals surface area (Å²) in [4.78, 5) is 0. The average molecular weight is 339 g/mol. The predicted octanol–water partition coefficient (Wildman–Crippen LogP) is 6.06. The molecule has 0 aliphatic rings. The van der Waals surface area contributed by atoms with Crippen molar-refractivity contribution in [3.8, 4) is 23.3 Å². The fourth-order valence-electron chi connectivity index (χ4n) is 3.25. The van der Waals surface area contributed by atoms with Gasteiger partial charge in [-0.25, -0.2) is 0 Å². The molecule has 0 amide bonds. The SMILES string of the molecule is N#Cc1cc(-c2cc3ccccc3c3ccccc23)c(C#N)cc1Cl. The van der Waals surface area contributed by atoms with Gasteiger partial charge in [0.1, 0.15) is 6.07 Å². The van der Waals surface area contributed by atoms with Gasteiger partial charge in [-0.1, -0.05) is 60.1 Å². The fourth-order valence-corrected chi connectivity index (χ4v) is 3.46. The molecule has 0 unspecified atom stereocenters. The second-order valence-corrected chi connectivity index (χ2v) is 6.20. The lowest BCUT2D eigenvalue weighted by Gasteiger charge is -2.13. The molecule has 0 N–H and O–H groups in total. The summed E-state index contributed by atoms with van der Waals surface area (Å²) in [5.74, 6) is 0. The lowest BCUT2D eigenvalue weighted by molar-refractivity contribution is 1.45. The maximum Gasteiger partial charge on any atom is 0.101 e. The molecule has 0 heterocycles. The van der Waals surface area contributed by atoms with Crippen LogP contribution in [0.25, 0.3) is 32.7 Å². The van der Waals surface area contributed by atoms with Crippen molar-refractivity contribution in [2.45, 2.75) is 0 Å². The van der Waals surface area contributed by atoms with Crippen LogP contribution in [0.3, 0.4) is 0 Å². The Labute approximate surface area is 150 Å². The molecule has 0 spiro atoms. The molecule has 0 saturated carbocycles. The minimum absolute atomic E-state index is 0.299. The van der Waals surface area contributed by atoms with Crippen molar-refractivity contribution in [3.63, 3.8) is 0 Å². The number of hydrogen-bond donors (Lipinski definition) is 0. The molecule has 25 heavy (non-hydrogen) atoms. The molecule has 0 saturated heterocycles. The molecule has 4 rings (SSSR count). The highest BCUT2D eigenvalue weighted by Gasteiger charge is 2.14. The third-order valence-corrected chi connectivity index (χ3v) is 4.72. The Morgan fingerprint density at radius 2 is 1.28 bits per heavy atom. The van der Waals surface area contributed by atoms with Gasteiger partial charge in [0.05, 0.1) is 22.2 Å². The van der Waals surface area contributed by atoms with E-state index in [9.17, 15) is 10.5 Å². The Morgan fingerprint density at radius 3 is 2.00 bits per heavy atom. The van der Waals surface area contributed by atoms with Gasteiger partial charge in [-0.3, -0.25) is 0 Å². The van der Waals surface area contributed by atoms with E-state index in [1.54, 1.807) is 12.1 Å². The van der Waals surface area contributed by atoms with Gasteiger partial charge in [0, 0.05) is 5.56 Å². The van der Waals surface area contributed by atoms with Gasteiger partial charge >= 0.3 is 0 Å². The van der Waals surface area contributed by atoms with E-state index in [-0.39, 0.29) is 0 Å². The van der Waals surface area contributed by atoms with Crippen LogP contribution in [0.5, 0.6) is 0 Å². The van der Waals surface area contributed by atoms with Crippen LogP contribution in [-0.4, -0.2) is 0 Å². The van der Waals surface area contributed by atoms with E-state index in [4.69, 9.17) is 11.6 Å². The molecular weight excluding hydrogens is 328 g/mol. The summed E-state index contributed by atoms with van der Waals surface area (Å²) in [7, 11) is 0. The van der Waals surface area contributed by atoms with E-state index >= 15 is 0 Å². The quantitative estimate of drug-likeness (QED) is 0.396. The monoisotopic (exact) mass is 338 g/mol. The molecule has 116 valence electrons. The second kappa shape index (κ2) is 5.95. The van der Waals surface area contributed by atoms with Crippen LogP contribution in [0.2, 0.25) is 5.02 Å². The Hall–Kier alpha value is -3.33. The van der Waals surface area contributed by atoms with Gasteiger partial charge in [0.15, 0.2) is 0 Å². The van der Waals surface area contributed by atoms with Crippen LogP contribution < -0.4 is 0 Å². The normalized spacial score (nSPS) is 10.5. The molecule has 0 aliphatic carbocycles. The first kappa shape index (κ1) is 15.2. The van der Waals surface area contributed by atoms with E-state index in [2.05, 4.69) is 36.4 Å². The van der Waals surface area contributed by atoms with Crippen LogP contribution in [-0.2, 0) is 0 Å². The Morgan fingerprint density at radius 1 is 0.640 bits per heavy atom. The predicted molar refractivity (Wildman–Crippen MR) is 101 cm³/mol.